The number of hydrogen-bond donors (Lipinski definition) is 2. The van der Waals surface area contributed by atoms with E-state index < -0.39 is 11.9 Å². The number of benzene rings is 2. The highest BCUT2D eigenvalue weighted by molar-refractivity contribution is 6.43. The van der Waals surface area contributed by atoms with Gasteiger partial charge in [-0.1, -0.05) is 35.3 Å². The van der Waals surface area contributed by atoms with Gasteiger partial charge in [0.1, 0.15) is 11.8 Å². The van der Waals surface area contributed by atoms with Crippen LogP contribution in [-0.4, -0.2) is 24.0 Å². The molecule has 0 heterocycles. The standard InChI is InChI=1S/C21H22Cl2N2O3/c1-13(24-21(27)17-10-5-11-18(22)19(17)23)20(26)25-14-6-4-9-16(12-14)28-15-7-2-3-8-15/h4-6,9-13,15H,2-3,7-8H2,1H3,(H,24,27)(H,25,26). The molecule has 2 N–H and O–H groups in total. The van der Waals surface area contributed by atoms with E-state index in [1.165, 1.54) is 12.8 Å². The highest BCUT2D eigenvalue weighted by atomic mass is 35.5. The topological polar surface area (TPSA) is 67.4 Å². The number of carbonyl (C=O) groups excluding carboxylic acids is 2. The van der Waals surface area contributed by atoms with Crippen molar-refractivity contribution in [3.8, 4) is 5.75 Å². The van der Waals surface area contributed by atoms with E-state index in [0.717, 1.165) is 18.6 Å². The summed E-state index contributed by atoms with van der Waals surface area (Å²) in [5, 5.41) is 5.87. The highest BCUT2D eigenvalue weighted by Crippen LogP contribution is 2.26. The van der Waals surface area contributed by atoms with E-state index in [0.29, 0.717) is 5.69 Å². The molecule has 0 bridgehead atoms. The van der Waals surface area contributed by atoms with E-state index >= 15 is 0 Å². The molecule has 2 amide bonds. The van der Waals surface area contributed by atoms with Gasteiger partial charge in [0.2, 0.25) is 5.91 Å². The molecule has 1 unspecified atom stereocenters. The molecule has 7 heteroatoms. The number of rotatable bonds is 6. The summed E-state index contributed by atoms with van der Waals surface area (Å²) in [7, 11) is 0. The molecule has 1 saturated carbocycles. The monoisotopic (exact) mass is 420 g/mol. The van der Waals surface area contributed by atoms with Crippen LogP contribution < -0.4 is 15.4 Å². The molecule has 0 spiro atoms. The third-order valence-electron chi connectivity index (χ3n) is 4.64. The summed E-state index contributed by atoms with van der Waals surface area (Å²) in [5.41, 5.74) is 0.836. The Balaban J connectivity index is 1.59. The number of carbonyl (C=O) groups is 2. The highest BCUT2D eigenvalue weighted by Gasteiger charge is 2.20. The van der Waals surface area contributed by atoms with Gasteiger partial charge in [-0.2, -0.15) is 0 Å². The van der Waals surface area contributed by atoms with Crippen molar-refractivity contribution in [2.45, 2.75) is 44.8 Å². The van der Waals surface area contributed by atoms with Crippen molar-refractivity contribution in [3.05, 3.63) is 58.1 Å². The van der Waals surface area contributed by atoms with Crippen LogP contribution in [0.15, 0.2) is 42.5 Å². The molecule has 0 aromatic heterocycles. The van der Waals surface area contributed by atoms with Gasteiger partial charge in [0, 0.05) is 11.8 Å². The Bertz CT molecular complexity index is 866. The number of amides is 2. The SMILES string of the molecule is CC(NC(=O)c1cccc(Cl)c1Cl)C(=O)Nc1cccc(OC2CCCC2)c1. The maximum absolute atomic E-state index is 12.5. The number of halogens is 2. The van der Waals surface area contributed by atoms with Gasteiger partial charge in [0.15, 0.2) is 0 Å². The Morgan fingerprint density at radius 3 is 2.57 bits per heavy atom. The molecule has 28 heavy (non-hydrogen) atoms. The minimum atomic E-state index is -0.762. The summed E-state index contributed by atoms with van der Waals surface area (Å²) < 4.78 is 5.96. The molecule has 2 aromatic rings. The lowest BCUT2D eigenvalue weighted by atomic mass is 10.2. The molecule has 1 aliphatic carbocycles. The van der Waals surface area contributed by atoms with Crippen LogP contribution in [0.25, 0.3) is 0 Å². The first kappa shape index (κ1) is 20.5. The smallest absolute Gasteiger partial charge is 0.253 e. The molecule has 2 aromatic carbocycles. The minimum Gasteiger partial charge on any atom is -0.490 e. The average molecular weight is 421 g/mol. The predicted octanol–water partition coefficient (Wildman–Crippen LogP) is 5.07. The average Bonchev–Trinajstić information content (AvgIpc) is 3.17. The van der Waals surface area contributed by atoms with Crippen LogP contribution in [0.5, 0.6) is 5.75 Å². The molecule has 0 radical (unpaired) electrons. The zero-order valence-electron chi connectivity index (χ0n) is 15.5. The van der Waals surface area contributed by atoms with Gasteiger partial charge < -0.3 is 15.4 Å². The molecule has 5 nitrogen and oxygen atoms in total. The summed E-state index contributed by atoms with van der Waals surface area (Å²) in [6, 6.07) is 11.3. The van der Waals surface area contributed by atoms with Crippen molar-refractivity contribution < 1.29 is 14.3 Å². The van der Waals surface area contributed by atoms with Crippen molar-refractivity contribution in [3.63, 3.8) is 0 Å². The normalized spacial score (nSPS) is 15.1. The Labute approximate surface area is 174 Å². The first-order valence-electron chi connectivity index (χ1n) is 9.26. The van der Waals surface area contributed by atoms with Crippen molar-refractivity contribution in [2.24, 2.45) is 0 Å². The Kier molecular flexibility index (Phi) is 6.81. The fourth-order valence-corrected chi connectivity index (χ4v) is 3.50. The molecule has 0 saturated heterocycles. The predicted molar refractivity (Wildman–Crippen MR) is 111 cm³/mol. The van der Waals surface area contributed by atoms with Gasteiger partial charge in [-0.15, -0.1) is 0 Å². The molecule has 1 atom stereocenters. The second-order valence-corrected chi connectivity index (χ2v) is 7.62. The van der Waals surface area contributed by atoms with E-state index in [2.05, 4.69) is 10.6 Å². The lowest BCUT2D eigenvalue weighted by molar-refractivity contribution is -0.117. The van der Waals surface area contributed by atoms with Crippen molar-refractivity contribution in [2.75, 3.05) is 5.32 Å². The molecule has 3 rings (SSSR count). The third kappa shape index (κ3) is 5.18. The summed E-state index contributed by atoms with van der Waals surface area (Å²) >= 11 is 12.0. The largest absolute Gasteiger partial charge is 0.490 e. The maximum atomic E-state index is 12.5. The summed E-state index contributed by atoms with van der Waals surface area (Å²) in [5.74, 6) is -0.0786. The Morgan fingerprint density at radius 1 is 1.11 bits per heavy atom. The lowest BCUT2D eigenvalue weighted by Gasteiger charge is -2.16. The molecule has 1 fully saturated rings. The van der Waals surface area contributed by atoms with Crippen LogP contribution in [0, 0.1) is 0 Å². The van der Waals surface area contributed by atoms with E-state index in [4.69, 9.17) is 27.9 Å². The molecule has 1 aliphatic rings. The Hall–Kier alpha value is -2.24. The van der Waals surface area contributed by atoms with Gasteiger partial charge in [-0.05, 0) is 56.9 Å². The summed E-state index contributed by atoms with van der Waals surface area (Å²) in [6.45, 7) is 1.60. The zero-order chi connectivity index (χ0) is 20.1. The van der Waals surface area contributed by atoms with E-state index in [1.54, 1.807) is 37.3 Å². The number of nitrogens with one attached hydrogen (secondary N) is 2. The van der Waals surface area contributed by atoms with Crippen molar-refractivity contribution >= 4 is 40.7 Å². The van der Waals surface area contributed by atoms with Gasteiger partial charge in [-0.3, -0.25) is 9.59 Å². The number of ether oxygens (including phenoxy) is 1. The van der Waals surface area contributed by atoms with Gasteiger partial charge in [-0.25, -0.2) is 0 Å². The van der Waals surface area contributed by atoms with Crippen LogP contribution in [0.4, 0.5) is 5.69 Å². The second-order valence-electron chi connectivity index (χ2n) is 6.84. The number of hydrogen-bond acceptors (Lipinski definition) is 3. The fourth-order valence-electron chi connectivity index (χ4n) is 3.12. The van der Waals surface area contributed by atoms with Crippen LogP contribution in [0.2, 0.25) is 10.0 Å². The maximum Gasteiger partial charge on any atom is 0.253 e. The van der Waals surface area contributed by atoms with Crippen LogP contribution in [-0.2, 0) is 4.79 Å². The number of anilines is 1. The summed E-state index contributed by atoms with van der Waals surface area (Å²) in [6.07, 6.45) is 4.74. The quantitative estimate of drug-likeness (QED) is 0.684. The molecule has 148 valence electrons. The second kappa shape index (κ2) is 9.30. The van der Waals surface area contributed by atoms with E-state index in [9.17, 15) is 9.59 Å². The van der Waals surface area contributed by atoms with Crippen LogP contribution in [0.1, 0.15) is 43.0 Å². The zero-order valence-corrected chi connectivity index (χ0v) is 17.0. The van der Waals surface area contributed by atoms with Gasteiger partial charge in [0.25, 0.3) is 5.91 Å². The van der Waals surface area contributed by atoms with E-state index in [-0.39, 0.29) is 27.6 Å². The van der Waals surface area contributed by atoms with Gasteiger partial charge >= 0.3 is 0 Å². The Morgan fingerprint density at radius 2 is 1.82 bits per heavy atom. The molecular weight excluding hydrogens is 399 g/mol. The molecular formula is C21H22Cl2N2O3. The lowest BCUT2D eigenvalue weighted by Crippen LogP contribution is -2.41. The van der Waals surface area contributed by atoms with Crippen molar-refractivity contribution in [1.29, 1.82) is 0 Å². The third-order valence-corrected chi connectivity index (χ3v) is 5.46. The first-order chi connectivity index (χ1) is 13.4. The fraction of sp³-hybridized carbons (Fsp3) is 0.333. The van der Waals surface area contributed by atoms with Gasteiger partial charge in [0.05, 0.1) is 21.7 Å². The molecule has 0 aliphatic heterocycles. The first-order valence-corrected chi connectivity index (χ1v) is 10.0. The van der Waals surface area contributed by atoms with Crippen LogP contribution in [0.3, 0.4) is 0 Å². The van der Waals surface area contributed by atoms with E-state index in [1.807, 2.05) is 12.1 Å². The summed E-state index contributed by atoms with van der Waals surface area (Å²) in [4.78, 5) is 24.8. The minimum absolute atomic E-state index is 0.158. The van der Waals surface area contributed by atoms with Crippen LogP contribution >= 0.6 is 23.2 Å². The van der Waals surface area contributed by atoms with Crippen molar-refractivity contribution in [1.82, 2.24) is 5.32 Å².